The maximum atomic E-state index is 12.8. The zero-order valence-corrected chi connectivity index (χ0v) is 16.4. The highest BCUT2D eigenvalue weighted by atomic mass is 32.2. The molecule has 10 heteroatoms. The van der Waals surface area contributed by atoms with E-state index in [4.69, 9.17) is 0 Å². The average molecular weight is 435 g/mol. The van der Waals surface area contributed by atoms with Gasteiger partial charge in [-0.2, -0.15) is 13.2 Å². The van der Waals surface area contributed by atoms with Crippen molar-refractivity contribution in [1.82, 2.24) is 4.98 Å². The molecule has 156 valence electrons. The molecule has 2 aromatic carbocycles. The second kappa shape index (κ2) is 8.15. The van der Waals surface area contributed by atoms with Crippen LogP contribution in [0, 0.1) is 0 Å². The number of nitrogens with zero attached hydrogens (tertiary/aromatic N) is 1. The number of alkyl halides is 3. The summed E-state index contributed by atoms with van der Waals surface area (Å²) in [6.07, 6.45) is -0.642. The van der Waals surface area contributed by atoms with E-state index < -0.39 is 27.7 Å². The molecule has 0 spiro atoms. The Hall–Kier alpha value is -3.40. The molecule has 0 radical (unpaired) electrons. The van der Waals surface area contributed by atoms with Gasteiger partial charge in [0.1, 0.15) is 0 Å². The van der Waals surface area contributed by atoms with Gasteiger partial charge >= 0.3 is 6.18 Å². The normalized spacial score (nSPS) is 11.7. The van der Waals surface area contributed by atoms with Gasteiger partial charge < -0.3 is 5.32 Å². The predicted molar refractivity (Wildman–Crippen MR) is 108 cm³/mol. The summed E-state index contributed by atoms with van der Waals surface area (Å²) >= 11 is 0. The highest BCUT2D eigenvalue weighted by Crippen LogP contribution is 2.34. The van der Waals surface area contributed by atoms with E-state index in [1.165, 1.54) is 42.7 Å². The van der Waals surface area contributed by atoms with Gasteiger partial charge in [-0.05, 0) is 42.0 Å². The van der Waals surface area contributed by atoms with Crippen molar-refractivity contribution in [3.63, 3.8) is 0 Å². The highest BCUT2D eigenvalue weighted by Gasteiger charge is 2.30. The SMILES string of the molecule is CS(=O)(=O)Nc1ccc(-c2ccc(C(F)(F)F)cc2)c(NC(=O)c2cccnc2)c1. The first-order valence-corrected chi connectivity index (χ1v) is 10.4. The molecule has 0 aliphatic carbocycles. The zero-order chi connectivity index (χ0) is 21.9. The second-order valence-electron chi connectivity index (χ2n) is 6.41. The van der Waals surface area contributed by atoms with Gasteiger partial charge in [0.25, 0.3) is 5.91 Å². The summed E-state index contributed by atoms with van der Waals surface area (Å²) in [6, 6.07) is 11.9. The molecule has 1 aromatic heterocycles. The van der Waals surface area contributed by atoms with Crippen LogP contribution in [0.15, 0.2) is 67.0 Å². The minimum Gasteiger partial charge on any atom is -0.321 e. The van der Waals surface area contributed by atoms with Gasteiger partial charge in [0, 0.05) is 18.0 Å². The summed E-state index contributed by atoms with van der Waals surface area (Å²) < 4.78 is 63.9. The lowest BCUT2D eigenvalue weighted by Crippen LogP contribution is -2.14. The Balaban J connectivity index is 2.02. The van der Waals surface area contributed by atoms with Crippen LogP contribution < -0.4 is 10.0 Å². The molecule has 0 atom stereocenters. The number of rotatable bonds is 5. The topological polar surface area (TPSA) is 88.2 Å². The van der Waals surface area contributed by atoms with Gasteiger partial charge in [-0.1, -0.05) is 18.2 Å². The molecule has 0 fully saturated rings. The smallest absolute Gasteiger partial charge is 0.321 e. The number of halogens is 3. The van der Waals surface area contributed by atoms with Crippen molar-refractivity contribution in [1.29, 1.82) is 0 Å². The fourth-order valence-corrected chi connectivity index (χ4v) is 3.26. The Morgan fingerprint density at radius 2 is 1.73 bits per heavy atom. The molecule has 0 saturated heterocycles. The lowest BCUT2D eigenvalue weighted by Gasteiger charge is -2.15. The fraction of sp³-hybridized carbons (Fsp3) is 0.100. The zero-order valence-electron chi connectivity index (χ0n) is 15.6. The summed E-state index contributed by atoms with van der Waals surface area (Å²) in [6.45, 7) is 0. The van der Waals surface area contributed by atoms with E-state index in [1.54, 1.807) is 12.1 Å². The van der Waals surface area contributed by atoms with Crippen LogP contribution in [0.3, 0.4) is 0 Å². The van der Waals surface area contributed by atoms with E-state index in [9.17, 15) is 26.4 Å². The number of aromatic nitrogens is 1. The van der Waals surface area contributed by atoms with Crippen LogP contribution in [-0.2, 0) is 16.2 Å². The Labute approximate surface area is 170 Å². The molecule has 0 unspecified atom stereocenters. The van der Waals surface area contributed by atoms with Crippen LogP contribution in [0.1, 0.15) is 15.9 Å². The number of benzene rings is 2. The van der Waals surface area contributed by atoms with Gasteiger partial charge in [0.05, 0.1) is 28.8 Å². The largest absolute Gasteiger partial charge is 0.416 e. The molecule has 2 N–H and O–H groups in total. The molecule has 30 heavy (non-hydrogen) atoms. The van der Waals surface area contributed by atoms with Crippen molar-refractivity contribution in [3.8, 4) is 11.1 Å². The quantitative estimate of drug-likeness (QED) is 0.622. The third kappa shape index (κ3) is 5.35. The number of hydrogen-bond donors (Lipinski definition) is 2. The molecule has 1 heterocycles. The summed E-state index contributed by atoms with van der Waals surface area (Å²) in [5.41, 5.74) is 0.697. The van der Waals surface area contributed by atoms with Gasteiger partial charge in [0.15, 0.2) is 0 Å². The lowest BCUT2D eigenvalue weighted by atomic mass is 10.0. The van der Waals surface area contributed by atoms with Crippen molar-refractivity contribution in [3.05, 3.63) is 78.1 Å². The fourth-order valence-electron chi connectivity index (χ4n) is 2.71. The van der Waals surface area contributed by atoms with Crippen molar-refractivity contribution in [2.45, 2.75) is 6.18 Å². The number of amides is 1. The molecule has 3 aromatic rings. The average Bonchev–Trinajstić information content (AvgIpc) is 2.67. The molecule has 3 rings (SSSR count). The van der Waals surface area contributed by atoms with E-state index in [0.29, 0.717) is 11.1 Å². The van der Waals surface area contributed by atoms with Crippen LogP contribution >= 0.6 is 0 Å². The molecular formula is C20H16F3N3O3S. The van der Waals surface area contributed by atoms with Gasteiger partial charge in [-0.25, -0.2) is 8.42 Å². The second-order valence-corrected chi connectivity index (χ2v) is 8.15. The summed E-state index contributed by atoms with van der Waals surface area (Å²) in [5.74, 6) is -0.507. The number of nitrogens with one attached hydrogen (secondary N) is 2. The Kier molecular flexibility index (Phi) is 5.79. The maximum absolute atomic E-state index is 12.8. The first-order chi connectivity index (χ1) is 14.0. The van der Waals surface area contributed by atoms with Crippen LogP contribution in [0.4, 0.5) is 24.5 Å². The summed E-state index contributed by atoms with van der Waals surface area (Å²) in [7, 11) is -3.57. The van der Waals surface area contributed by atoms with E-state index in [1.807, 2.05) is 0 Å². The molecule has 0 aliphatic rings. The van der Waals surface area contributed by atoms with Crippen molar-refractivity contribution < 1.29 is 26.4 Å². The first kappa shape index (κ1) is 21.3. The molecular weight excluding hydrogens is 419 g/mol. The first-order valence-electron chi connectivity index (χ1n) is 8.54. The molecule has 0 saturated carbocycles. The number of pyridine rings is 1. The minimum absolute atomic E-state index is 0.189. The number of sulfonamides is 1. The van der Waals surface area contributed by atoms with E-state index in [-0.39, 0.29) is 16.9 Å². The van der Waals surface area contributed by atoms with Gasteiger partial charge in [-0.3, -0.25) is 14.5 Å². The molecule has 0 bridgehead atoms. The van der Waals surface area contributed by atoms with Crippen LogP contribution in [-0.4, -0.2) is 25.6 Å². The maximum Gasteiger partial charge on any atom is 0.416 e. The highest BCUT2D eigenvalue weighted by molar-refractivity contribution is 7.92. The molecule has 0 aliphatic heterocycles. The Morgan fingerprint density at radius 1 is 1.03 bits per heavy atom. The lowest BCUT2D eigenvalue weighted by molar-refractivity contribution is -0.137. The monoisotopic (exact) mass is 435 g/mol. The number of hydrogen-bond acceptors (Lipinski definition) is 4. The summed E-state index contributed by atoms with van der Waals surface area (Å²) in [5, 5.41) is 2.66. The Morgan fingerprint density at radius 3 is 2.30 bits per heavy atom. The molecule has 1 amide bonds. The third-order valence-corrected chi connectivity index (χ3v) is 4.62. The summed E-state index contributed by atoms with van der Waals surface area (Å²) in [4.78, 5) is 16.4. The molecule has 6 nitrogen and oxygen atoms in total. The van der Waals surface area contributed by atoms with Gasteiger partial charge in [0.2, 0.25) is 10.0 Å². The van der Waals surface area contributed by atoms with Crippen molar-refractivity contribution >= 4 is 27.3 Å². The Bertz CT molecular complexity index is 1160. The van der Waals surface area contributed by atoms with E-state index >= 15 is 0 Å². The van der Waals surface area contributed by atoms with Crippen LogP contribution in [0.2, 0.25) is 0 Å². The number of carbonyl (C=O) groups excluding carboxylic acids is 1. The van der Waals surface area contributed by atoms with E-state index in [0.717, 1.165) is 18.4 Å². The number of anilines is 2. The predicted octanol–water partition coefficient (Wildman–Crippen LogP) is 4.39. The minimum atomic E-state index is -4.47. The van der Waals surface area contributed by atoms with Crippen molar-refractivity contribution in [2.24, 2.45) is 0 Å². The van der Waals surface area contributed by atoms with Crippen LogP contribution in [0.5, 0.6) is 0 Å². The number of carbonyl (C=O) groups is 1. The van der Waals surface area contributed by atoms with Gasteiger partial charge in [-0.15, -0.1) is 0 Å². The standard InChI is InChI=1S/C20H16F3N3O3S/c1-30(28,29)26-16-8-9-17(13-4-6-15(7-5-13)20(21,22)23)18(11-16)25-19(27)14-3-2-10-24-12-14/h2-12,26H,1H3,(H,25,27). The third-order valence-electron chi connectivity index (χ3n) is 4.02. The van der Waals surface area contributed by atoms with Crippen LogP contribution in [0.25, 0.3) is 11.1 Å². The van der Waals surface area contributed by atoms with E-state index in [2.05, 4.69) is 15.0 Å². The van der Waals surface area contributed by atoms with Crippen molar-refractivity contribution in [2.75, 3.05) is 16.3 Å².